The number of nitrogens with zero attached hydrogens (tertiary/aromatic N) is 1. The minimum atomic E-state index is -0.190. The summed E-state index contributed by atoms with van der Waals surface area (Å²) in [5.74, 6) is 0. The molecule has 11 aromatic carbocycles. The van der Waals surface area contributed by atoms with Crippen LogP contribution in [0.3, 0.4) is 0 Å². The maximum absolute atomic E-state index is 6.12. The highest BCUT2D eigenvalue weighted by Crippen LogP contribution is 2.53. The van der Waals surface area contributed by atoms with Crippen LogP contribution in [0, 0.1) is 0 Å². The highest BCUT2D eigenvalue weighted by Gasteiger charge is 2.36. The van der Waals surface area contributed by atoms with Crippen molar-refractivity contribution in [2.45, 2.75) is 19.3 Å². The summed E-state index contributed by atoms with van der Waals surface area (Å²) in [5.41, 5.74) is 25.2. The summed E-state index contributed by atoms with van der Waals surface area (Å²) < 4.78 is 6.12. The number of furan rings is 1. The zero-order valence-corrected chi connectivity index (χ0v) is 38.4. The van der Waals surface area contributed by atoms with Crippen molar-refractivity contribution >= 4 is 49.8 Å². The van der Waals surface area contributed by atoms with E-state index in [9.17, 15) is 0 Å². The average Bonchev–Trinajstić information content (AvgIpc) is 4.02. The van der Waals surface area contributed by atoms with Gasteiger partial charge in [-0.2, -0.15) is 0 Å². The molecule has 0 atom stereocenters. The van der Waals surface area contributed by atoms with Crippen molar-refractivity contribution in [2.75, 3.05) is 4.90 Å². The molecular weight excluding hydrogens is 835 g/mol. The summed E-state index contributed by atoms with van der Waals surface area (Å²) >= 11 is 0. The third-order valence-corrected chi connectivity index (χ3v) is 15.1. The lowest BCUT2D eigenvalue weighted by Crippen LogP contribution is -2.16. The van der Waals surface area contributed by atoms with Gasteiger partial charge in [-0.3, -0.25) is 0 Å². The summed E-state index contributed by atoms with van der Waals surface area (Å²) in [6.45, 7) is 4.76. The lowest BCUT2D eigenvalue weighted by atomic mass is 9.81. The Balaban J connectivity index is 0.833. The fourth-order valence-electron chi connectivity index (χ4n) is 11.5. The average molecular weight is 880 g/mol. The van der Waals surface area contributed by atoms with Gasteiger partial charge in [0.15, 0.2) is 0 Å². The molecule has 2 nitrogen and oxygen atoms in total. The van der Waals surface area contributed by atoms with Gasteiger partial charge in [0.2, 0.25) is 0 Å². The molecule has 1 aromatic heterocycles. The Labute approximate surface area is 402 Å². The number of para-hydroxylation sites is 1. The molecule has 0 bridgehead atoms. The Kier molecular flexibility index (Phi) is 8.66. The van der Waals surface area contributed by atoms with Crippen LogP contribution in [0.4, 0.5) is 17.1 Å². The van der Waals surface area contributed by atoms with Gasteiger partial charge in [0.25, 0.3) is 0 Å². The van der Waals surface area contributed by atoms with Crippen molar-refractivity contribution in [3.63, 3.8) is 0 Å². The lowest BCUT2D eigenvalue weighted by Gasteiger charge is -2.28. The van der Waals surface area contributed by atoms with E-state index in [4.69, 9.17) is 4.42 Å². The normalized spacial score (nSPS) is 12.9. The molecule has 0 saturated heterocycles. The minimum absolute atomic E-state index is 0.190. The van der Waals surface area contributed by atoms with E-state index in [-0.39, 0.29) is 5.41 Å². The third kappa shape index (κ3) is 6.19. The smallest absolute Gasteiger partial charge is 0.135 e. The number of hydrogen-bond acceptors (Lipinski definition) is 2. The van der Waals surface area contributed by atoms with Crippen LogP contribution in [0.15, 0.2) is 241 Å². The summed E-state index contributed by atoms with van der Waals surface area (Å²) in [4.78, 5) is 2.42. The fraction of sp³-hybridized carbons (Fsp3) is 0.0448. The van der Waals surface area contributed by atoms with Gasteiger partial charge in [0.1, 0.15) is 11.2 Å². The Morgan fingerprint density at radius 2 is 0.754 bits per heavy atom. The summed E-state index contributed by atoms with van der Waals surface area (Å²) in [7, 11) is 0. The third-order valence-electron chi connectivity index (χ3n) is 15.1. The molecule has 12 aromatic rings. The molecule has 14 rings (SSSR count). The van der Waals surface area contributed by atoms with Gasteiger partial charge in [-0.1, -0.05) is 190 Å². The highest BCUT2D eigenvalue weighted by atomic mass is 16.3. The number of rotatable bonds is 7. The molecule has 1 heterocycles. The quantitative estimate of drug-likeness (QED) is 0.159. The number of fused-ring (bicyclic) bond motifs is 9. The van der Waals surface area contributed by atoms with Gasteiger partial charge in [-0.05, 0) is 160 Å². The molecule has 2 heteroatoms. The predicted molar refractivity (Wildman–Crippen MR) is 290 cm³/mol. The molecule has 0 N–H and O–H groups in total. The standard InChI is InChI=1S/C67H45NO/c1-67(2)62-40-48(42-11-4-3-5-12-42)27-34-55(62)56-35-33-51(41-63(56)67)68(50-31-25-46(26-32-50)52-36-37-60-54-14-7-6-13-53(54)59-17-10-16-58(52)66(59)60)49-29-23-44(24-30-49)43-19-21-45(22-20-43)47-28-38-65-61(39-47)57-15-8-9-18-64(57)69-65/h3-41H,1-2H3. The molecule has 0 fully saturated rings. The van der Waals surface area contributed by atoms with E-state index in [0.717, 1.165) is 39.0 Å². The van der Waals surface area contributed by atoms with Gasteiger partial charge in [0.05, 0.1) is 0 Å². The van der Waals surface area contributed by atoms with Gasteiger partial charge < -0.3 is 9.32 Å². The topological polar surface area (TPSA) is 16.4 Å². The van der Waals surface area contributed by atoms with E-state index in [0.29, 0.717) is 0 Å². The van der Waals surface area contributed by atoms with Crippen LogP contribution in [0.5, 0.6) is 0 Å². The monoisotopic (exact) mass is 879 g/mol. The van der Waals surface area contributed by atoms with Crippen LogP contribution < -0.4 is 4.90 Å². The molecule has 0 spiro atoms. The van der Waals surface area contributed by atoms with E-state index in [2.05, 4.69) is 243 Å². The van der Waals surface area contributed by atoms with Crippen molar-refractivity contribution in [2.24, 2.45) is 0 Å². The first-order valence-electron chi connectivity index (χ1n) is 24.0. The van der Waals surface area contributed by atoms with Crippen molar-refractivity contribution in [1.29, 1.82) is 0 Å². The maximum Gasteiger partial charge on any atom is 0.135 e. The minimum Gasteiger partial charge on any atom is -0.456 e. The molecule has 0 amide bonds. The molecule has 0 radical (unpaired) electrons. The van der Waals surface area contributed by atoms with E-state index in [1.165, 1.54) is 99.8 Å². The van der Waals surface area contributed by atoms with E-state index in [1.54, 1.807) is 0 Å². The van der Waals surface area contributed by atoms with Crippen LogP contribution in [0.1, 0.15) is 25.0 Å². The van der Waals surface area contributed by atoms with Crippen LogP contribution in [-0.4, -0.2) is 0 Å². The first-order valence-corrected chi connectivity index (χ1v) is 24.0. The number of benzene rings is 11. The molecular formula is C67H45NO. The summed E-state index contributed by atoms with van der Waals surface area (Å²) in [6, 6.07) is 87.0. The molecule has 0 saturated carbocycles. The second-order valence-electron chi connectivity index (χ2n) is 19.2. The molecule has 0 unspecified atom stereocenters. The Bertz CT molecular complexity index is 3980. The van der Waals surface area contributed by atoms with Crippen molar-refractivity contribution < 1.29 is 4.42 Å². The van der Waals surface area contributed by atoms with Crippen LogP contribution in [0.25, 0.3) is 111 Å². The maximum atomic E-state index is 6.12. The van der Waals surface area contributed by atoms with Gasteiger partial charge >= 0.3 is 0 Å². The number of anilines is 3. The zero-order valence-electron chi connectivity index (χ0n) is 38.4. The van der Waals surface area contributed by atoms with Crippen LogP contribution >= 0.6 is 0 Å². The molecule has 69 heavy (non-hydrogen) atoms. The molecule has 2 aliphatic carbocycles. The fourth-order valence-corrected chi connectivity index (χ4v) is 11.5. The van der Waals surface area contributed by atoms with Crippen molar-refractivity contribution in [3.05, 3.63) is 248 Å². The van der Waals surface area contributed by atoms with E-state index in [1.807, 2.05) is 12.1 Å². The molecule has 324 valence electrons. The van der Waals surface area contributed by atoms with Crippen molar-refractivity contribution in [3.8, 4) is 77.9 Å². The second-order valence-corrected chi connectivity index (χ2v) is 19.2. The van der Waals surface area contributed by atoms with Gasteiger partial charge in [-0.15, -0.1) is 0 Å². The van der Waals surface area contributed by atoms with Crippen molar-refractivity contribution in [1.82, 2.24) is 0 Å². The lowest BCUT2D eigenvalue weighted by molar-refractivity contribution is 0.660. The SMILES string of the molecule is CC1(C)c2cc(-c3ccccc3)ccc2-c2ccc(N(c3ccc(-c4ccc(-c5ccc6oc7ccccc7c6c5)cc4)cc3)c3ccc(-c4ccc5c6c(cccc46)-c4ccccc4-5)cc3)cc21. The summed E-state index contributed by atoms with van der Waals surface area (Å²) in [6.07, 6.45) is 0. The zero-order chi connectivity index (χ0) is 45.8. The predicted octanol–water partition coefficient (Wildman–Crippen LogP) is 18.8. The molecule has 2 aliphatic rings. The number of hydrogen-bond donors (Lipinski definition) is 0. The first-order chi connectivity index (χ1) is 33.9. The van der Waals surface area contributed by atoms with Crippen LogP contribution in [0.2, 0.25) is 0 Å². The Morgan fingerprint density at radius 1 is 0.290 bits per heavy atom. The molecule has 0 aliphatic heterocycles. The van der Waals surface area contributed by atoms with E-state index >= 15 is 0 Å². The Hall–Kier alpha value is -8.72. The van der Waals surface area contributed by atoms with Crippen LogP contribution in [-0.2, 0) is 5.41 Å². The first kappa shape index (κ1) is 39.4. The second kappa shape index (κ2) is 15.2. The summed E-state index contributed by atoms with van der Waals surface area (Å²) in [5, 5.41) is 4.92. The largest absolute Gasteiger partial charge is 0.456 e. The van der Waals surface area contributed by atoms with E-state index < -0.39 is 0 Å². The highest BCUT2D eigenvalue weighted by molar-refractivity contribution is 6.18. The Morgan fingerprint density at radius 3 is 1.49 bits per heavy atom. The van der Waals surface area contributed by atoms with Gasteiger partial charge in [0, 0.05) is 33.2 Å². The van der Waals surface area contributed by atoms with Gasteiger partial charge in [-0.25, -0.2) is 0 Å².